The van der Waals surface area contributed by atoms with Crippen LogP contribution >= 0.6 is 0 Å². The third-order valence-corrected chi connectivity index (χ3v) is 9.95. The van der Waals surface area contributed by atoms with Gasteiger partial charge in [-0.2, -0.15) is 0 Å². The number of aliphatic hydroxyl groups excluding tert-OH is 1. The topological polar surface area (TPSA) is 134 Å². The monoisotopic (exact) mass is 602 g/mol. The Kier molecular flexibility index (Phi) is 7.42. The van der Waals surface area contributed by atoms with Gasteiger partial charge in [-0.1, -0.05) is 13.3 Å². The van der Waals surface area contributed by atoms with Gasteiger partial charge < -0.3 is 34.1 Å². The zero-order valence-electron chi connectivity index (χ0n) is 25.0. The van der Waals surface area contributed by atoms with Crippen molar-refractivity contribution >= 4 is 23.0 Å². The smallest absolute Gasteiger partial charge is 0.415 e. The Morgan fingerprint density at radius 1 is 1.11 bits per heavy atom. The summed E-state index contributed by atoms with van der Waals surface area (Å²) in [5, 5.41) is 21.8. The molecule has 232 valence electrons. The molecule has 11 heteroatoms. The molecule has 0 saturated carbocycles. The Bertz CT molecular complexity index is 1700. The lowest BCUT2D eigenvalue weighted by Crippen LogP contribution is -2.48. The number of nitrogens with zero attached hydrogens (tertiary/aromatic N) is 4. The Morgan fingerprint density at radius 3 is 2.61 bits per heavy atom. The molecule has 6 heterocycles. The number of aliphatic hydroxyl groups is 2. The number of aromatic nitrogens is 2. The average Bonchev–Trinajstić information content (AvgIpc) is 3.41. The summed E-state index contributed by atoms with van der Waals surface area (Å²) in [5.74, 6) is -0.369. The molecule has 3 aromatic rings. The highest BCUT2D eigenvalue weighted by Gasteiger charge is 2.45. The lowest BCUT2D eigenvalue weighted by molar-refractivity contribution is -0.172. The van der Waals surface area contributed by atoms with Crippen LogP contribution in [0.4, 0.5) is 4.79 Å². The first-order valence-electron chi connectivity index (χ1n) is 15.8. The van der Waals surface area contributed by atoms with Gasteiger partial charge in [-0.3, -0.25) is 4.79 Å². The second-order valence-electron chi connectivity index (χ2n) is 12.4. The van der Waals surface area contributed by atoms with Crippen LogP contribution in [-0.4, -0.2) is 80.5 Å². The molecule has 7 rings (SSSR count). The van der Waals surface area contributed by atoms with Gasteiger partial charge in [-0.05, 0) is 75.9 Å². The summed E-state index contributed by atoms with van der Waals surface area (Å²) in [4.78, 5) is 48.5. The van der Waals surface area contributed by atoms with Crippen molar-refractivity contribution in [3.8, 4) is 17.1 Å². The van der Waals surface area contributed by atoms with Gasteiger partial charge in [0.25, 0.3) is 5.56 Å². The fourth-order valence-corrected chi connectivity index (χ4v) is 7.41. The van der Waals surface area contributed by atoms with Gasteiger partial charge >= 0.3 is 12.1 Å². The number of amides is 1. The maximum atomic E-state index is 13.5. The van der Waals surface area contributed by atoms with Crippen LogP contribution in [0.25, 0.3) is 22.3 Å². The number of fused-ring (bicyclic) bond motifs is 5. The van der Waals surface area contributed by atoms with Crippen LogP contribution in [0.1, 0.15) is 67.7 Å². The SMILES string of the molecule is CC[C@@]1(O)C(=O)OCc2c1cc1n(c2=O)Cc2cc3c(CCO)c(OC(=O)N4CCC(N5CCCCC5)CC4)ccc3nc2-1. The second-order valence-corrected chi connectivity index (χ2v) is 12.4. The predicted octanol–water partition coefficient (Wildman–Crippen LogP) is 3.06. The molecule has 11 nitrogen and oxygen atoms in total. The molecule has 1 amide bonds. The van der Waals surface area contributed by atoms with E-state index in [0.29, 0.717) is 47.3 Å². The van der Waals surface area contributed by atoms with Crippen molar-refractivity contribution in [3.63, 3.8) is 0 Å². The first-order chi connectivity index (χ1) is 21.3. The van der Waals surface area contributed by atoms with E-state index in [9.17, 15) is 24.6 Å². The van der Waals surface area contributed by atoms with Crippen LogP contribution in [0.3, 0.4) is 0 Å². The van der Waals surface area contributed by atoms with Crippen molar-refractivity contribution in [2.45, 2.75) is 76.7 Å². The highest BCUT2D eigenvalue weighted by Crippen LogP contribution is 2.40. The van der Waals surface area contributed by atoms with Gasteiger partial charge in [0.1, 0.15) is 12.4 Å². The van der Waals surface area contributed by atoms with Gasteiger partial charge in [-0.15, -0.1) is 0 Å². The minimum atomic E-state index is -1.89. The normalized spacial score (nSPS) is 22.0. The summed E-state index contributed by atoms with van der Waals surface area (Å²) >= 11 is 0. The van der Waals surface area contributed by atoms with Crippen LogP contribution < -0.4 is 10.3 Å². The molecule has 0 radical (unpaired) electrons. The zero-order chi connectivity index (χ0) is 30.6. The number of hydrogen-bond acceptors (Lipinski definition) is 9. The summed E-state index contributed by atoms with van der Waals surface area (Å²) in [5.41, 5.74) is 1.52. The fraction of sp³-hybridized carbons (Fsp3) is 0.515. The minimum Gasteiger partial charge on any atom is -0.458 e. The molecule has 2 fully saturated rings. The first-order valence-corrected chi connectivity index (χ1v) is 15.8. The van der Waals surface area contributed by atoms with Crippen molar-refractivity contribution in [3.05, 3.63) is 56.9 Å². The molecule has 2 aromatic heterocycles. The second kappa shape index (κ2) is 11.3. The third-order valence-electron chi connectivity index (χ3n) is 9.95. The average molecular weight is 603 g/mol. The van der Waals surface area contributed by atoms with Gasteiger partial charge in [0.05, 0.1) is 29.0 Å². The lowest BCUT2D eigenvalue weighted by Gasteiger charge is -2.39. The van der Waals surface area contributed by atoms with Crippen LogP contribution in [0.15, 0.2) is 29.1 Å². The van der Waals surface area contributed by atoms with E-state index >= 15 is 0 Å². The number of hydrogen-bond donors (Lipinski definition) is 2. The zero-order valence-corrected chi connectivity index (χ0v) is 25.0. The number of benzene rings is 1. The summed E-state index contributed by atoms with van der Waals surface area (Å²) in [6.45, 7) is 5.19. The molecule has 4 aliphatic rings. The Hall–Kier alpha value is -3.80. The lowest BCUT2D eigenvalue weighted by atomic mass is 9.86. The Morgan fingerprint density at radius 2 is 1.89 bits per heavy atom. The first kappa shape index (κ1) is 28.9. The summed E-state index contributed by atoms with van der Waals surface area (Å²) < 4.78 is 12.7. The number of ether oxygens (including phenoxy) is 2. The van der Waals surface area contributed by atoms with E-state index in [-0.39, 0.29) is 55.4 Å². The van der Waals surface area contributed by atoms with E-state index < -0.39 is 11.6 Å². The minimum absolute atomic E-state index is 0.0716. The maximum Gasteiger partial charge on any atom is 0.415 e. The van der Waals surface area contributed by atoms with Crippen LogP contribution in [-0.2, 0) is 34.7 Å². The van der Waals surface area contributed by atoms with Crippen molar-refractivity contribution < 1.29 is 29.3 Å². The third kappa shape index (κ3) is 4.69. The number of piperidine rings is 2. The number of cyclic esters (lactones) is 1. The van der Waals surface area contributed by atoms with E-state index in [1.165, 1.54) is 19.3 Å². The largest absolute Gasteiger partial charge is 0.458 e. The molecule has 1 atom stereocenters. The van der Waals surface area contributed by atoms with E-state index in [1.807, 2.05) is 6.07 Å². The number of likely N-dealkylation sites (tertiary alicyclic amines) is 2. The predicted molar refractivity (Wildman–Crippen MR) is 161 cm³/mol. The molecule has 0 unspecified atom stereocenters. The van der Waals surface area contributed by atoms with Gasteiger partial charge in [0.15, 0.2) is 5.60 Å². The Balaban J connectivity index is 1.18. The van der Waals surface area contributed by atoms with E-state index in [1.54, 1.807) is 34.6 Å². The van der Waals surface area contributed by atoms with Crippen molar-refractivity contribution in [1.29, 1.82) is 0 Å². The summed E-state index contributed by atoms with van der Waals surface area (Å²) in [7, 11) is 0. The highest BCUT2D eigenvalue weighted by atomic mass is 16.6. The molecule has 2 N–H and O–H groups in total. The van der Waals surface area contributed by atoms with Crippen molar-refractivity contribution in [2.75, 3.05) is 32.8 Å². The molecule has 0 aliphatic carbocycles. The summed E-state index contributed by atoms with van der Waals surface area (Å²) in [6.07, 6.45) is 5.62. The molecule has 0 bridgehead atoms. The number of pyridine rings is 2. The molecule has 2 saturated heterocycles. The molecule has 4 aliphatic heterocycles. The molecular weight excluding hydrogens is 564 g/mol. The highest BCUT2D eigenvalue weighted by molar-refractivity contribution is 5.90. The number of esters is 1. The van der Waals surface area contributed by atoms with E-state index in [0.717, 1.165) is 36.9 Å². The maximum absolute atomic E-state index is 13.5. The van der Waals surface area contributed by atoms with Crippen molar-refractivity contribution in [2.24, 2.45) is 0 Å². The van der Waals surface area contributed by atoms with E-state index in [2.05, 4.69) is 4.90 Å². The molecule has 1 aromatic carbocycles. The van der Waals surface area contributed by atoms with Crippen LogP contribution in [0, 0.1) is 0 Å². The molecular formula is C33H38N4O7. The van der Waals surface area contributed by atoms with Crippen molar-refractivity contribution in [1.82, 2.24) is 19.4 Å². The fourth-order valence-electron chi connectivity index (χ4n) is 7.41. The van der Waals surface area contributed by atoms with E-state index in [4.69, 9.17) is 14.5 Å². The van der Waals surface area contributed by atoms with Gasteiger partial charge in [0, 0.05) is 47.8 Å². The molecule has 44 heavy (non-hydrogen) atoms. The number of carbonyl (C=O) groups is 2. The van der Waals surface area contributed by atoms with Crippen LogP contribution in [0.5, 0.6) is 5.75 Å². The standard InChI is InChI=1S/C33H38N4O7/c1-2-33(42)25-17-27-29-20(18-37(27)30(39)24(25)19-43-31(33)40)16-23-22(10-15-38)28(7-6-26(23)34-29)44-32(41)36-13-8-21(9-14-36)35-11-4-3-5-12-35/h6-7,16-17,21,38,42H,2-5,8-15,18-19H2,1H3/t33-/m0/s1. The number of rotatable bonds is 5. The van der Waals surface area contributed by atoms with Crippen LogP contribution in [0.2, 0.25) is 0 Å². The quantitative estimate of drug-likeness (QED) is 0.331. The van der Waals surface area contributed by atoms with Gasteiger partial charge in [-0.25, -0.2) is 14.6 Å². The number of carbonyl (C=O) groups excluding carboxylic acids is 2. The Labute approximate surface area is 255 Å². The molecule has 0 spiro atoms. The van der Waals surface area contributed by atoms with Gasteiger partial charge in [0.2, 0.25) is 0 Å². The summed E-state index contributed by atoms with van der Waals surface area (Å²) in [6, 6.07) is 7.63.